The van der Waals surface area contributed by atoms with E-state index in [2.05, 4.69) is 19.2 Å². The van der Waals surface area contributed by atoms with Gasteiger partial charge in [0.2, 0.25) is 0 Å². The fourth-order valence-electron chi connectivity index (χ4n) is 2.56. The fourth-order valence-corrected chi connectivity index (χ4v) is 2.56. The van der Waals surface area contributed by atoms with Gasteiger partial charge in [0.15, 0.2) is 6.61 Å². The Morgan fingerprint density at radius 3 is 3.00 bits per heavy atom. The molecule has 0 spiro atoms. The van der Waals surface area contributed by atoms with Crippen molar-refractivity contribution in [2.45, 2.75) is 44.9 Å². The second-order valence-corrected chi connectivity index (χ2v) is 5.73. The van der Waals surface area contributed by atoms with E-state index in [0.717, 1.165) is 37.3 Å². The van der Waals surface area contributed by atoms with Crippen LogP contribution in [0.15, 0.2) is 24.3 Å². The molecule has 1 saturated heterocycles. The van der Waals surface area contributed by atoms with E-state index in [1.165, 1.54) is 0 Å². The van der Waals surface area contributed by atoms with Crippen molar-refractivity contribution in [3.8, 4) is 11.8 Å². The SMILES string of the molecule is CC1(C)CC(NCc2ccccc2OCC#N)CCO1. The topological polar surface area (TPSA) is 54.3 Å². The van der Waals surface area contributed by atoms with Crippen molar-refractivity contribution < 1.29 is 9.47 Å². The molecule has 1 heterocycles. The van der Waals surface area contributed by atoms with Gasteiger partial charge in [0.25, 0.3) is 0 Å². The molecule has 0 aromatic heterocycles. The third kappa shape index (κ3) is 4.22. The molecule has 0 radical (unpaired) electrons. The minimum absolute atomic E-state index is 0.0489. The van der Waals surface area contributed by atoms with Gasteiger partial charge in [-0.15, -0.1) is 0 Å². The maximum atomic E-state index is 8.61. The largest absolute Gasteiger partial charge is 0.478 e. The number of nitrogens with zero attached hydrogens (tertiary/aromatic N) is 1. The van der Waals surface area contributed by atoms with Gasteiger partial charge in [-0.05, 0) is 32.8 Å². The summed E-state index contributed by atoms with van der Waals surface area (Å²) in [4.78, 5) is 0. The van der Waals surface area contributed by atoms with Gasteiger partial charge in [-0.3, -0.25) is 0 Å². The number of ether oxygens (including phenoxy) is 2. The van der Waals surface area contributed by atoms with Crippen molar-refractivity contribution >= 4 is 0 Å². The second kappa shape index (κ2) is 6.74. The van der Waals surface area contributed by atoms with Crippen molar-refractivity contribution in [2.75, 3.05) is 13.2 Å². The maximum absolute atomic E-state index is 8.61. The molecule has 0 aliphatic carbocycles. The lowest BCUT2D eigenvalue weighted by Gasteiger charge is -2.36. The highest BCUT2D eigenvalue weighted by Gasteiger charge is 2.28. The Hall–Kier alpha value is -1.57. The van der Waals surface area contributed by atoms with E-state index in [0.29, 0.717) is 6.04 Å². The first-order valence-electron chi connectivity index (χ1n) is 7.06. The lowest BCUT2D eigenvalue weighted by molar-refractivity contribution is -0.0630. The first-order chi connectivity index (χ1) is 9.61. The maximum Gasteiger partial charge on any atom is 0.174 e. The Morgan fingerprint density at radius 1 is 1.45 bits per heavy atom. The lowest BCUT2D eigenvalue weighted by atomic mass is 9.94. The summed E-state index contributed by atoms with van der Waals surface area (Å²) < 4.78 is 11.2. The Morgan fingerprint density at radius 2 is 2.25 bits per heavy atom. The normalized spacial score (nSPS) is 21.1. The Labute approximate surface area is 120 Å². The number of benzene rings is 1. The molecule has 1 atom stereocenters. The van der Waals surface area contributed by atoms with E-state index in [1.807, 2.05) is 30.3 Å². The molecule has 20 heavy (non-hydrogen) atoms. The summed E-state index contributed by atoms with van der Waals surface area (Å²) in [6, 6.07) is 10.3. The fraction of sp³-hybridized carbons (Fsp3) is 0.562. The van der Waals surface area contributed by atoms with E-state index in [1.54, 1.807) is 0 Å². The number of rotatable bonds is 5. The van der Waals surface area contributed by atoms with Crippen molar-refractivity contribution in [3.05, 3.63) is 29.8 Å². The summed E-state index contributed by atoms with van der Waals surface area (Å²) in [6.07, 6.45) is 2.04. The molecule has 0 amide bonds. The molecule has 0 saturated carbocycles. The van der Waals surface area contributed by atoms with E-state index >= 15 is 0 Å². The molecule has 1 aromatic rings. The van der Waals surface area contributed by atoms with E-state index in [-0.39, 0.29) is 12.2 Å². The van der Waals surface area contributed by atoms with Crippen molar-refractivity contribution in [1.82, 2.24) is 5.32 Å². The first-order valence-corrected chi connectivity index (χ1v) is 7.06. The van der Waals surface area contributed by atoms with Crippen LogP contribution in [-0.4, -0.2) is 24.9 Å². The summed E-state index contributed by atoms with van der Waals surface area (Å²) in [6.45, 7) is 5.90. The van der Waals surface area contributed by atoms with Gasteiger partial charge in [-0.1, -0.05) is 18.2 Å². The van der Waals surface area contributed by atoms with Crippen LogP contribution in [0.5, 0.6) is 5.75 Å². The summed E-state index contributed by atoms with van der Waals surface area (Å²) in [7, 11) is 0. The molecular formula is C16H22N2O2. The number of hydrogen-bond donors (Lipinski definition) is 1. The molecular weight excluding hydrogens is 252 g/mol. The van der Waals surface area contributed by atoms with Gasteiger partial charge < -0.3 is 14.8 Å². The van der Waals surface area contributed by atoms with Crippen LogP contribution in [0, 0.1) is 11.3 Å². The van der Waals surface area contributed by atoms with Crippen LogP contribution < -0.4 is 10.1 Å². The van der Waals surface area contributed by atoms with Gasteiger partial charge in [0.05, 0.1) is 5.60 Å². The number of para-hydroxylation sites is 1. The van der Waals surface area contributed by atoms with Gasteiger partial charge in [-0.25, -0.2) is 0 Å². The highest BCUT2D eigenvalue weighted by atomic mass is 16.5. The van der Waals surface area contributed by atoms with Crippen LogP contribution in [0.1, 0.15) is 32.3 Å². The van der Waals surface area contributed by atoms with E-state index < -0.39 is 0 Å². The van der Waals surface area contributed by atoms with Crippen molar-refractivity contribution in [1.29, 1.82) is 5.26 Å². The van der Waals surface area contributed by atoms with Crippen LogP contribution in [0.4, 0.5) is 0 Å². The molecule has 2 rings (SSSR count). The number of nitrogens with one attached hydrogen (secondary N) is 1. The van der Waals surface area contributed by atoms with Gasteiger partial charge >= 0.3 is 0 Å². The smallest absolute Gasteiger partial charge is 0.174 e. The Bertz CT molecular complexity index is 480. The summed E-state index contributed by atoms with van der Waals surface area (Å²) in [5.74, 6) is 0.785. The molecule has 1 unspecified atom stereocenters. The van der Waals surface area contributed by atoms with Gasteiger partial charge in [-0.2, -0.15) is 5.26 Å². The molecule has 1 aliphatic heterocycles. The van der Waals surface area contributed by atoms with Crippen LogP contribution >= 0.6 is 0 Å². The average Bonchev–Trinajstić information content (AvgIpc) is 2.43. The molecule has 1 aromatic carbocycles. The molecule has 1 fully saturated rings. The Kier molecular flexibility index (Phi) is 4.99. The molecule has 4 nitrogen and oxygen atoms in total. The third-order valence-corrected chi connectivity index (χ3v) is 3.54. The molecule has 0 bridgehead atoms. The van der Waals surface area contributed by atoms with E-state index in [4.69, 9.17) is 14.7 Å². The molecule has 4 heteroatoms. The zero-order valence-corrected chi connectivity index (χ0v) is 12.2. The predicted molar refractivity (Wildman–Crippen MR) is 77.4 cm³/mol. The highest BCUT2D eigenvalue weighted by molar-refractivity contribution is 5.33. The standard InChI is InChI=1S/C16H22N2O2/c1-16(2)11-14(7-9-20-16)18-12-13-5-3-4-6-15(13)19-10-8-17/h3-6,14,18H,7,9-12H2,1-2H3. The van der Waals surface area contributed by atoms with Crippen molar-refractivity contribution in [2.24, 2.45) is 0 Å². The first kappa shape index (κ1) is 14.8. The monoisotopic (exact) mass is 274 g/mol. The summed E-state index contributed by atoms with van der Waals surface area (Å²) >= 11 is 0. The number of hydrogen-bond acceptors (Lipinski definition) is 4. The number of nitriles is 1. The van der Waals surface area contributed by atoms with Crippen molar-refractivity contribution in [3.63, 3.8) is 0 Å². The summed E-state index contributed by atoms with van der Waals surface area (Å²) in [5.41, 5.74) is 1.04. The molecule has 108 valence electrons. The quantitative estimate of drug-likeness (QED) is 0.896. The zero-order valence-electron chi connectivity index (χ0n) is 12.2. The second-order valence-electron chi connectivity index (χ2n) is 5.73. The average molecular weight is 274 g/mol. The molecule has 1 N–H and O–H groups in total. The minimum Gasteiger partial charge on any atom is -0.478 e. The Balaban J connectivity index is 1.92. The zero-order chi connectivity index (χ0) is 14.4. The third-order valence-electron chi connectivity index (χ3n) is 3.54. The predicted octanol–water partition coefficient (Wildman–Crippen LogP) is 2.64. The van der Waals surface area contributed by atoms with Crippen LogP contribution in [-0.2, 0) is 11.3 Å². The van der Waals surface area contributed by atoms with Gasteiger partial charge in [0, 0.05) is 24.8 Å². The summed E-state index contributed by atoms with van der Waals surface area (Å²) in [5, 5.41) is 12.2. The van der Waals surface area contributed by atoms with E-state index in [9.17, 15) is 0 Å². The van der Waals surface area contributed by atoms with Gasteiger partial charge in [0.1, 0.15) is 11.8 Å². The molecule has 1 aliphatic rings. The lowest BCUT2D eigenvalue weighted by Crippen LogP contribution is -2.43. The van der Waals surface area contributed by atoms with Crippen LogP contribution in [0.25, 0.3) is 0 Å². The van der Waals surface area contributed by atoms with Crippen LogP contribution in [0.3, 0.4) is 0 Å². The van der Waals surface area contributed by atoms with Crippen LogP contribution in [0.2, 0.25) is 0 Å². The minimum atomic E-state index is -0.0489. The highest BCUT2D eigenvalue weighted by Crippen LogP contribution is 2.25.